The van der Waals surface area contributed by atoms with Crippen molar-refractivity contribution in [1.29, 1.82) is 0 Å². The van der Waals surface area contributed by atoms with E-state index in [1.807, 2.05) is 30.3 Å². The van der Waals surface area contributed by atoms with Crippen LogP contribution in [-0.2, 0) is 4.79 Å². The maximum atomic E-state index is 12.4. The molecule has 2 aromatic rings. The second-order valence-corrected chi connectivity index (χ2v) is 6.80. The molecule has 0 saturated heterocycles. The summed E-state index contributed by atoms with van der Waals surface area (Å²) in [6.45, 7) is 0.183. The maximum Gasteiger partial charge on any atom is 0.257 e. The van der Waals surface area contributed by atoms with Crippen molar-refractivity contribution in [2.24, 2.45) is 4.99 Å². The van der Waals surface area contributed by atoms with Gasteiger partial charge in [-0.25, -0.2) is 0 Å². The number of rotatable bonds is 3. The fraction of sp³-hybridized carbons (Fsp3) is 0.333. The van der Waals surface area contributed by atoms with E-state index < -0.39 is 0 Å². The number of carbonyl (C=O) groups is 1. The first-order valence-electron chi connectivity index (χ1n) is 9.00. The Kier molecular flexibility index (Phi) is 4.26. The molecule has 25 heavy (non-hydrogen) atoms. The van der Waals surface area contributed by atoms with Gasteiger partial charge in [0.25, 0.3) is 5.91 Å². The van der Waals surface area contributed by atoms with Crippen molar-refractivity contribution >= 4 is 22.4 Å². The molecule has 4 nitrogen and oxygen atoms in total. The average Bonchev–Trinajstić information content (AvgIpc) is 2.99. The van der Waals surface area contributed by atoms with Gasteiger partial charge in [-0.15, -0.1) is 0 Å². The standard InChI is InChI=1S/C21H22N2O2/c24-18-13-22-21(25)19(18)20(23-15-9-2-1-3-10-15)17-12-6-8-14-7-4-5-11-16(14)17/h4-8,11-12,15,24H,1-3,9-10,13H2,(H,22,25). The molecule has 0 radical (unpaired) electrons. The maximum absolute atomic E-state index is 12.4. The summed E-state index contributed by atoms with van der Waals surface area (Å²) in [6.07, 6.45) is 5.69. The molecule has 0 atom stereocenters. The van der Waals surface area contributed by atoms with E-state index in [9.17, 15) is 9.90 Å². The monoisotopic (exact) mass is 334 g/mol. The summed E-state index contributed by atoms with van der Waals surface area (Å²) in [5, 5.41) is 15.2. The number of amides is 1. The number of hydrogen-bond donors (Lipinski definition) is 2. The van der Waals surface area contributed by atoms with E-state index in [0.717, 1.165) is 29.2 Å². The zero-order valence-electron chi connectivity index (χ0n) is 14.2. The number of nitrogens with zero attached hydrogens (tertiary/aromatic N) is 1. The predicted molar refractivity (Wildman–Crippen MR) is 100 cm³/mol. The smallest absolute Gasteiger partial charge is 0.257 e. The Morgan fingerprint density at radius 3 is 2.56 bits per heavy atom. The first kappa shape index (κ1) is 15.9. The molecule has 0 aromatic heterocycles. The second-order valence-electron chi connectivity index (χ2n) is 6.80. The summed E-state index contributed by atoms with van der Waals surface area (Å²) in [5.41, 5.74) is 1.89. The van der Waals surface area contributed by atoms with Crippen molar-refractivity contribution < 1.29 is 9.90 Å². The molecule has 1 aliphatic carbocycles. The highest BCUT2D eigenvalue weighted by molar-refractivity contribution is 6.32. The number of nitrogens with one attached hydrogen (secondary N) is 1. The molecule has 0 unspecified atom stereocenters. The summed E-state index contributed by atoms with van der Waals surface area (Å²) in [6, 6.07) is 14.4. The SMILES string of the molecule is O=C1NCC(O)=C1C(=NC1CCCCC1)c1cccc2ccccc12. The van der Waals surface area contributed by atoms with Crippen molar-refractivity contribution in [1.82, 2.24) is 5.32 Å². The molecule has 1 aliphatic heterocycles. The van der Waals surface area contributed by atoms with Gasteiger partial charge in [-0.3, -0.25) is 9.79 Å². The van der Waals surface area contributed by atoms with E-state index in [0.29, 0.717) is 11.3 Å². The average molecular weight is 334 g/mol. The van der Waals surface area contributed by atoms with Crippen molar-refractivity contribution in [2.75, 3.05) is 6.54 Å². The molecular weight excluding hydrogens is 312 g/mol. The molecule has 0 bridgehead atoms. The normalized spacial score (nSPS) is 19.5. The van der Waals surface area contributed by atoms with E-state index in [2.05, 4.69) is 17.4 Å². The fourth-order valence-corrected chi connectivity index (χ4v) is 3.81. The summed E-state index contributed by atoms with van der Waals surface area (Å²) in [7, 11) is 0. The lowest BCUT2D eigenvalue weighted by atomic mass is 9.93. The fourth-order valence-electron chi connectivity index (χ4n) is 3.81. The molecule has 4 rings (SSSR count). The van der Waals surface area contributed by atoms with Gasteiger partial charge in [0.2, 0.25) is 0 Å². The predicted octanol–water partition coefficient (Wildman–Crippen LogP) is 3.90. The number of aliphatic imine (C=N–C) groups is 1. The van der Waals surface area contributed by atoms with Gasteiger partial charge in [0.15, 0.2) is 0 Å². The minimum absolute atomic E-state index is 0.0903. The summed E-state index contributed by atoms with van der Waals surface area (Å²) < 4.78 is 0. The second kappa shape index (κ2) is 6.71. The lowest BCUT2D eigenvalue weighted by molar-refractivity contribution is -0.116. The van der Waals surface area contributed by atoms with Crippen LogP contribution in [0.2, 0.25) is 0 Å². The molecule has 2 aromatic carbocycles. The summed E-state index contributed by atoms with van der Waals surface area (Å²) in [4.78, 5) is 17.3. The first-order valence-corrected chi connectivity index (χ1v) is 9.00. The van der Waals surface area contributed by atoms with Crippen molar-refractivity contribution in [3.63, 3.8) is 0 Å². The van der Waals surface area contributed by atoms with Crippen LogP contribution in [0, 0.1) is 0 Å². The van der Waals surface area contributed by atoms with Crippen LogP contribution in [0.1, 0.15) is 37.7 Å². The van der Waals surface area contributed by atoms with Crippen LogP contribution in [-0.4, -0.2) is 29.3 Å². The third-order valence-electron chi connectivity index (χ3n) is 5.10. The Bertz CT molecular complexity index is 871. The molecular formula is C21H22N2O2. The first-order chi connectivity index (χ1) is 12.2. The minimum Gasteiger partial charge on any atom is -0.510 e. The van der Waals surface area contributed by atoms with Crippen LogP contribution in [0.25, 0.3) is 10.8 Å². The number of carbonyl (C=O) groups excluding carboxylic acids is 1. The number of aliphatic hydroxyl groups excluding tert-OH is 1. The number of benzene rings is 2. The van der Waals surface area contributed by atoms with Gasteiger partial charge in [-0.1, -0.05) is 61.7 Å². The topological polar surface area (TPSA) is 61.7 Å². The zero-order chi connectivity index (χ0) is 17.2. The van der Waals surface area contributed by atoms with E-state index in [1.165, 1.54) is 19.3 Å². The Labute approximate surface area is 147 Å². The van der Waals surface area contributed by atoms with Crippen LogP contribution in [0.15, 0.2) is 58.8 Å². The van der Waals surface area contributed by atoms with Gasteiger partial charge < -0.3 is 10.4 Å². The van der Waals surface area contributed by atoms with Crippen LogP contribution < -0.4 is 5.32 Å². The number of hydrogen-bond acceptors (Lipinski definition) is 3. The molecule has 1 heterocycles. The van der Waals surface area contributed by atoms with Crippen molar-refractivity contribution in [3.05, 3.63) is 59.4 Å². The highest BCUT2D eigenvalue weighted by Crippen LogP contribution is 2.27. The van der Waals surface area contributed by atoms with Crippen molar-refractivity contribution in [2.45, 2.75) is 38.1 Å². The third-order valence-corrected chi connectivity index (χ3v) is 5.10. The molecule has 1 saturated carbocycles. The molecule has 2 N–H and O–H groups in total. The Balaban J connectivity index is 1.89. The van der Waals surface area contributed by atoms with E-state index in [4.69, 9.17) is 4.99 Å². The number of aliphatic hydroxyl groups is 1. The van der Waals surface area contributed by atoms with E-state index in [-0.39, 0.29) is 24.3 Å². The molecule has 1 fully saturated rings. The highest BCUT2D eigenvalue weighted by Gasteiger charge is 2.29. The van der Waals surface area contributed by atoms with Gasteiger partial charge in [0.1, 0.15) is 11.3 Å². The van der Waals surface area contributed by atoms with E-state index >= 15 is 0 Å². The molecule has 2 aliphatic rings. The molecule has 1 amide bonds. The lowest BCUT2D eigenvalue weighted by Gasteiger charge is -2.20. The minimum atomic E-state index is -0.236. The van der Waals surface area contributed by atoms with Gasteiger partial charge in [0, 0.05) is 5.56 Å². The summed E-state index contributed by atoms with van der Waals surface area (Å²) in [5.74, 6) is -0.146. The van der Waals surface area contributed by atoms with Gasteiger partial charge in [-0.2, -0.15) is 0 Å². The van der Waals surface area contributed by atoms with Crippen LogP contribution in [0.5, 0.6) is 0 Å². The summed E-state index contributed by atoms with van der Waals surface area (Å²) >= 11 is 0. The quantitative estimate of drug-likeness (QED) is 0.836. The number of fused-ring (bicyclic) bond motifs is 1. The zero-order valence-corrected chi connectivity index (χ0v) is 14.2. The van der Waals surface area contributed by atoms with Crippen LogP contribution >= 0.6 is 0 Å². The molecule has 0 spiro atoms. The lowest BCUT2D eigenvalue weighted by Crippen LogP contribution is -2.23. The van der Waals surface area contributed by atoms with Gasteiger partial charge >= 0.3 is 0 Å². The van der Waals surface area contributed by atoms with E-state index in [1.54, 1.807) is 0 Å². The third kappa shape index (κ3) is 3.04. The Morgan fingerprint density at radius 1 is 1.04 bits per heavy atom. The molecule has 4 heteroatoms. The highest BCUT2D eigenvalue weighted by atomic mass is 16.3. The van der Waals surface area contributed by atoms with Crippen LogP contribution in [0.4, 0.5) is 0 Å². The molecule has 128 valence electrons. The van der Waals surface area contributed by atoms with Crippen molar-refractivity contribution in [3.8, 4) is 0 Å². The largest absolute Gasteiger partial charge is 0.510 e. The Hall–Kier alpha value is -2.62. The van der Waals surface area contributed by atoms with Gasteiger partial charge in [-0.05, 0) is 23.6 Å². The Morgan fingerprint density at radius 2 is 1.80 bits per heavy atom. The van der Waals surface area contributed by atoms with Gasteiger partial charge in [0.05, 0.1) is 18.3 Å². The van der Waals surface area contributed by atoms with Crippen LogP contribution in [0.3, 0.4) is 0 Å².